The molecule has 6 heteroatoms. The molecule has 5 nitrogen and oxygen atoms in total. The summed E-state index contributed by atoms with van der Waals surface area (Å²) in [5, 5.41) is 2.23. The van der Waals surface area contributed by atoms with Crippen LogP contribution in [-0.2, 0) is 13.9 Å². The van der Waals surface area contributed by atoms with E-state index in [0.29, 0.717) is 0 Å². The summed E-state index contributed by atoms with van der Waals surface area (Å²) in [6, 6.07) is 0. The lowest BCUT2D eigenvalue weighted by atomic mass is 10.5. The maximum absolute atomic E-state index is 11.0. The Morgan fingerprint density at radius 3 is 2.67 bits per heavy atom. The van der Waals surface area contributed by atoms with Crippen LogP contribution in [-0.4, -0.2) is 23.7 Å². The molecule has 0 heterocycles. The first-order chi connectivity index (χ1) is 5.44. The van der Waals surface area contributed by atoms with Gasteiger partial charge in [0.05, 0.1) is 0 Å². The van der Waals surface area contributed by atoms with Crippen molar-refractivity contribution in [2.45, 2.75) is 12.7 Å². The van der Waals surface area contributed by atoms with Gasteiger partial charge in [0.2, 0.25) is 5.91 Å². The molecule has 1 amide bonds. The third-order valence-corrected chi connectivity index (χ3v) is 2.92. The molecule has 2 unspecified atom stereocenters. The van der Waals surface area contributed by atoms with Crippen LogP contribution in [0.5, 0.6) is 0 Å². The van der Waals surface area contributed by atoms with E-state index in [1.807, 2.05) is 0 Å². The number of hydrogen-bond acceptors (Lipinski definition) is 3. The first kappa shape index (κ1) is 11.4. The van der Waals surface area contributed by atoms with Gasteiger partial charge in [-0.05, 0) is 13.0 Å². The van der Waals surface area contributed by atoms with E-state index in [0.717, 1.165) is 13.2 Å². The molecule has 0 aliphatic rings. The van der Waals surface area contributed by atoms with Crippen molar-refractivity contribution in [3.63, 3.8) is 0 Å². The molecule has 0 saturated carbocycles. The molecule has 0 radical (unpaired) electrons. The summed E-state index contributed by atoms with van der Waals surface area (Å²) in [4.78, 5) is 19.7. The molecular formula is C6H12NO4P. The van der Waals surface area contributed by atoms with Gasteiger partial charge in [0.15, 0.2) is 0 Å². The van der Waals surface area contributed by atoms with Crippen molar-refractivity contribution in [1.29, 1.82) is 0 Å². The Morgan fingerprint density at radius 2 is 2.33 bits per heavy atom. The molecule has 70 valence electrons. The van der Waals surface area contributed by atoms with E-state index < -0.39 is 19.3 Å². The van der Waals surface area contributed by atoms with Crippen molar-refractivity contribution in [1.82, 2.24) is 5.32 Å². The SMILES string of the molecule is C=CC(=O)NC(C)P(=O)(O)OC. The van der Waals surface area contributed by atoms with Crippen LogP contribution in [0.25, 0.3) is 0 Å². The van der Waals surface area contributed by atoms with Crippen LogP contribution in [0.1, 0.15) is 6.92 Å². The fourth-order valence-electron chi connectivity index (χ4n) is 0.504. The van der Waals surface area contributed by atoms with Gasteiger partial charge in [-0.3, -0.25) is 9.36 Å². The molecule has 0 spiro atoms. The van der Waals surface area contributed by atoms with Crippen molar-refractivity contribution in [3.8, 4) is 0 Å². The Bertz CT molecular complexity index is 228. The Kier molecular flexibility index (Phi) is 4.17. The van der Waals surface area contributed by atoms with Gasteiger partial charge in [-0.25, -0.2) is 0 Å². The van der Waals surface area contributed by atoms with Gasteiger partial charge in [0.1, 0.15) is 5.78 Å². The molecule has 0 saturated heterocycles. The van der Waals surface area contributed by atoms with Crippen LogP contribution < -0.4 is 5.32 Å². The highest BCUT2D eigenvalue weighted by Crippen LogP contribution is 2.44. The van der Waals surface area contributed by atoms with Crippen LogP contribution in [0.3, 0.4) is 0 Å². The quantitative estimate of drug-likeness (QED) is 0.502. The molecule has 0 aliphatic heterocycles. The third-order valence-electron chi connectivity index (χ3n) is 1.29. The highest BCUT2D eigenvalue weighted by atomic mass is 31.2. The minimum absolute atomic E-state index is 0.506. The highest BCUT2D eigenvalue weighted by Gasteiger charge is 2.27. The van der Waals surface area contributed by atoms with Gasteiger partial charge in [-0.15, -0.1) is 0 Å². The molecule has 0 fully saturated rings. The van der Waals surface area contributed by atoms with Gasteiger partial charge >= 0.3 is 7.60 Å². The standard InChI is InChI=1S/C6H12NO4P/c1-4-6(8)7-5(2)12(9,10)11-3/h4-5H,1H2,2-3H3,(H,7,8)(H,9,10). The summed E-state index contributed by atoms with van der Waals surface area (Å²) in [6.45, 7) is 4.58. The van der Waals surface area contributed by atoms with Crippen molar-refractivity contribution < 1.29 is 18.8 Å². The lowest BCUT2D eigenvalue weighted by Crippen LogP contribution is -2.31. The molecule has 0 aliphatic carbocycles. The van der Waals surface area contributed by atoms with Gasteiger partial charge in [-0.1, -0.05) is 6.58 Å². The summed E-state index contributed by atoms with van der Waals surface area (Å²) in [6.07, 6.45) is 1.02. The van der Waals surface area contributed by atoms with Gasteiger partial charge < -0.3 is 14.7 Å². The monoisotopic (exact) mass is 193 g/mol. The Morgan fingerprint density at radius 1 is 1.83 bits per heavy atom. The van der Waals surface area contributed by atoms with E-state index in [1.165, 1.54) is 6.92 Å². The van der Waals surface area contributed by atoms with Gasteiger partial charge in [0.25, 0.3) is 0 Å². The van der Waals surface area contributed by atoms with Crippen molar-refractivity contribution >= 4 is 13.5 Å². The van der Waals surface area contributed by atoms with Crippen LogP contribution >= 0.6 is 7.60 Å². The highest BCUT2D eigenvalue weighted by molar-refractivity contribution is 7.53. The second-order valence-corrected chi connectivity index (χ2v) is 4.40. The lowest BCUT2D eigenvalue weighted by Gasteiger charge is -2.17. The third kappa shape index (κ3) is 3.17. The van der Waals surface area contributed by atoms with E-state index >= 15 is 0 Å². The maximum Gasteiger partial charge on any atom is 0.349 e. The number of carbonyl (C=O) groups is 1. The van der Waals surface area contributed by atoms with E-state index in [4.69, 9.17) is 4.89 Å². The fourth-order valence-corrected chi connectivity index (χ4v) is 1.11. The van der Waals surface area contributed by atoms with E-state index in [9.17, 15) is 9.36 Å². The second kappa shape index (κ2) is 4.40. The summed E-state index contributed by atoms with van der Waals surface area (Å²) >= 11 is 0. The summed E-state index contributed by atoms with van der Waals surface area (Å²) < 4.78 is 15.3. The average Bonchev–Trinajstić information content (AvgIpc) is 2.04. The predicted molar refractivity (Wildman–Crippen MR) is 44.6 cm³/mol. The predicted octanol–water partition coefficient (Wildman–Crippen LogP) is 0.466. The number of nitrogens with one attached hydrogen (secondary N) is 1. The molecule has 0 rings (SSSR count). The fraction of sp³-hybridized carbons (Fsp3) is 0.500. The number of hydrogen-bond donors (Lipinski definition) is 2. The molecule has 2 N–H and O–H groups in total. The van der Waals surface area contributed by atoms with Crippen molar-refractivity contribution in [2.75, 3.05) is 7.11 Å². The van der Waals surface area contributed by atoms with Crippen molar-refractivity contribution in [3.05, 3.63) is 12.7 Å². The second-order valence-electron chi connectivity index (χ2n) is 2.14. The Labute approximate surface area is 71.0 Å². The van der Waals surface area contributed by atoms with E-state index in [1.54, 1.807) is 0 Å². The topological polar surface area (TPSA) is 75.6 Å². The van der Waals surface area contributed by atoms with E-state index in [-0.39, 0.29) is 0 Å². The first-order valence-electron chi connectivity index (χ1n) is 3.25. The largest absolute Gasteiger partial charge is 0.349 e. The number of amides is 1. The van der Waals surface area contributed by atoms with Crippen LogP contribution in [0.15, 0.2) is 12.7 Å². The minimum atomic E-state index is -3.71. The maximum atomic E-state index is 11.0. The minimum Gasteiger partial charge on any atom is -0.339 e. The first-order valence-corrected chi connectivity index (χ1v) is 4.90. The number of rotatable bonds is 4. The average molecular weight is 193 g/mol. The van der Waals surface area contributed by atoms with Crippen LogP contribution in [0.4, 0.5) is 0 Å². The zero-order valence-corrected chi connectivity index (χ0v) is 7.88. The number of carbonyl (C=O) groups excluding carboxylic acids is 1. The normalized spacial score (nSPS) is 17.6. The molecule has 0 aromatic heterocycles. The van der Waals surface area contributed by atoms with Gasteiger partial charge in [0, 0.05) is 7.11 Å². The molecular weight excluding hydrogens is 181 g/mol. The molecule has 0 aromatic rings. The van der Waals surface area contributed by atoms with E-state index in [2.05, 4.69) is 16.4 Å². The lowest BCUT2D eigenvalue weighted by molar-refractivity contribution is -0.116. The summed E-state index contributed by atoms with van der Waals surface area (Å²) in [5.41, 5.74) is 0. The zero-order chi connectivity index (χ0) is 9.78. The summed E-state index contributed by atoms with van der Waals surface area (Å²) in [5.74, 6) is -1.43. The van der Waals surface area contributed by atoms with Crippen LogP contribution in [0.2, 0.25) is 0 Å². The molecule has 12 heavy (non-hydrogen) atoms. The Hall–Kier alpha value is -0.640. The van der Waals surface area contributed by atoms with Crippen LogP contribution in [0, 0.1) is 0 Å². The van der Waals surface area contributed by atoms with Crippen molar-refractivity contribution in [2.24, 2.45) is 0 Å². The van der Waals surface area contributed by atoms with Gasteiger partial charge in [-0.2, -0.15) is 0 Å². The smallest absolute Gasteiger partial charge is 0.339 e. The molecule has 2 atom stereocenters. The Balaban J connectivity index is 4.21. The molecule has 0 aromatic carbocycles. The molecule has 0 bridgehead atoms. The summed E-state index contributed by atoms with van der Waals surface area (Å²) in [7, 11) is -2.60. The zero-order valence-electron chi connectivity index (χ0n) is 6.98.